The first-order valence-corrected chi connectivity index (χ1v) is 12.6. The fourth-order valence-electron chi connectivity index (χ4n) is 3.98. The topological polar surface area (TPSA) is 149 Å². The Morgan fingerprint density at radius 1 is 1.36 bits per heavy atom. The molecule has 3 heterocycles. The zero-order valence-corrected chi connectivity index (χ0v) is 19.6. The predicted octanol–water partition coefficient (Wildman–Crippen LogP) is 1.70. The van der Waals surface area contributed by atoms with Crippen molar-refractivity contribution in [2.24, 2.45) is 11.1 Å². The number of ketones is 1. The first-order valence-electron chi connectivity index (χ1n) is 10.4. The van der Waals surface area contributed by atoms with Crippen LogP contribution in [0.25, 0.3) is 0 Å². The summed E-state index contributed by atoms with van der Waals surface area (Å²) in [4.78, 5) is 23.2. The van der Waals surface area contributed by atoms with Gasteiger partial charge in [-0.25, -0.2) is 15.1 Å². The van der Waals surface area contributed by atoms with Crippen LogP contribution in [0.15, 0.2) is 43.1 Å². The molecule has 0 spiro atoms. The van der Waals surface area contributed by atoms with Gasteiger partial charge < -0.3 is 15.0 Å². The van der Waals surface area contributed by atoms with Crippen molar-refractivity contribution in [1.82, 2.24) is 14.5 Å². The number of aromatic nitrogens is 3. The zero-order chi connectivity index (χ0) is 23.6. The van der Waals surface area contributed by atoms with Crippen LogP contribution in [0.5, 0.6) is 0 Å². The summed E-state index contributed by atoms with van der Waals surface area (Å²) in [5, 5.41) is 18.4. The molecular formula is C21H25N5O5S2. The zero-order valence-electron chi connectivity index (χ0n) is 17.9. The number of aliphatic hydroxyl groups excluding tert-OH is 1. The number of rotatable bonds is 9. The molecular weight excluding hydrogens is 466 g/mol. The van der Waals surface area contributed by atoms with Crippen molar-refractivity contribution in [3.05, 3.63) is 64.0 Å². The summed E-state index contributed by atoms with van der Waals surface area (Å²) in [5.74, 6) is -0.214. The van der Waals surface area contributed by atoms with Crippen LogP contribution in [0.4, 0.5) is 5.82 Å². The molecule has 3 aromatic heterocycles. The fraction of sp³-hybridized carbons (Fsp3) is 0.381. The lowest BCUT2D eigenvalue weighted by Crippen LogP contribution is -2.24. The average Bonchev–Trinajstić information content (AvgIpc) is 3.48. The second-order valence-corrected chi connectivity index (χ2v) is 10.6. The quantitative estimate of drug-likeness (QED) is 0.383. The molecule has 33 heavy (non-hydrogen) atoms. The third-order valence-corrected chi connectivity index (χ3v) is 7.22. The molecule has 1 aliphatic rings. The highest BCUT2D eigenvalue weighted by Crippen LogP contribution is 2.31. The number of carbonyl (C=O) groups is 1. The highest BCUT2D eigenvalue weighted by Gasteiger charge is 2.34. The molecule has 0 aromatic carbocycles. The van der Waals surface area contributed by atoms with E-state index in [9.17, 15) is 18.3 Å². The van der Waals surface area contributed by atoms with Crippen molar-refractivity contribution in [3.8, 4) is 0 Å². The number of nitrogens with zero attached hydrogens (tertiary/aromatic N) is 3. The molecule has 0 aliphatic heterocycles. The van der Waals surface area contributed by atoms with Crippen LogP contribution in [0, 0.1) is 12.8 Å². The molecule has 0 saturated heterocycles. The number of thiophene rings is 1. The SMILES string of the molecule is Cc1sc(C(=O)c2cncnc2N[C@@H]2C[C@H](COS(N)(=O)=O)[C@@H](O)C2)cc1Cn1cccc1. The molecule has 3 atom stereocenters. The van der Waals surface area contributed by atoms with E-state index < -0.39 is 22.3 Å². The van der Waals surface area contributed by atoms with Crippen LogP contribution in [-0.2, 0) is 21.0 Å². The van der Waals surface area contributed by atoms with Crippen molar-refractivity contribution in [3.63, 3.8) is 0 Å². The van der Waals surface area contributed by atoms with E-state index in [2.05, 4.69) is 19.5 Å². The second kappa shape index (κ2) is 9.69. The Morgan fingerprint density at radius 2 is 2.12 bits per heavy atom. The van der Waals surface area contributed by atoms with Crippen molar-refractivity contribution >= 4 is 33.2 Å². The molecule has 3 aromatic rings. The van der Waals surface area contributed by atoms with Crippen LogP contribution in [-0.4, -0.2) is 52.6 Å². The third-order valence-electron chi connectivity index (χ3n) is 5.67. The maximum Gasteiger partial charge on any atom is 0.333 e. The van der Waals surface area contributed by atoms with Gasteiger partial charge in [-0.2, -0.15) is 8.42 Å². The van der Waals surface area contributed by atoms with Gasteiger partial charge in [0.1, 0.15) is 12.1 Å². The van der Waals surface area contributed by atoms with Crippen LogP contribution >= 0.6 is 11.3 Å². The van der Waals surface area contributed by atoms with Crippen molar-refractivity contribution in [2.45, 2.75) is 38.5 Å². The summed E-state index contributed by atoms with van der Waals surface area (Å²) in [7, 11) is -4.08. The van der Waals surface area contributed by atoms with Gasteiger partial charge in [-0.3, -0.25) is 8.98 Å². The van der Waals surface area contributed by atoms with E-state index in [-0.39, 0.29) is 18.4 Å². The molecule has 4 N–H and O–H groups in total. The summed E-state index contributed by atoms with van der Waals surface area (Å²) in [6, 6.07) is 5.60. The number of hydrogen-bond donors (Lipinski definition) is 3. The van der Waals surface area contributed by atoms with Gasteiger partial charge in [0, 0.05) is 42.0 Å². The van der Waals surface area contributed by atoms with Gasteiger partial charge in [0.15, 0.2) is 0 Å². The number of nitrogens with one attached hydrogen (secondary N) is 1. The lowest BCUT2D eigenvalue weighted by molar-refractivity contribution is 0.101. The lowest BCUT2D eigenvalue weighted by Gasteiger charge is -2.15. The predicted molar refractivity (Wildman–Crippen MR) is 123 cm³/mol. The summed E-state index contributed by atoms with van der Waals surface area (Å²) in [6.07, 6.45) is 6.81. The molecule has 1 fully saturated rings. The molecule has 12 heteroatoms. The molecule has 176 valence electrons. The molecule has 0 unspecified atom stereocenters. The Balaban J connectivity index is 1.47. The van der Waals surface area contributed by atoms with Crippen LogP contribution in [0.1, 0.15) is 38.5 Å². The van der Waals surface area contributed by atoms with E-state index in [0.717, 1.165) is 10.4 Å². The van der Waals surface area contributed by atoms with E-state index in [1.807, 2.05) is 42.1 Å². The van der Waals surface area contributed by atoms with Crippen LogP contribution in [0.3, 0.4) is 0 Å². The summed E-state index contributed by atoms with van der Waals surface area (Å²) in [5.41, 5.74) is 1.41. The second-order valence-electron chi connectivity index (χ2n) is 8.08. The lowest BCUT2D eigenvalue weighted by atomic mass is 10.1. The van der Waals surface area contributed by atoms with Gasteiger partial charge in [-0.15, -0.1) is 11.3 Å². The molecule has 1 saturated carbocycles. The molecule has 10 nitrogen and oxygen atoms in total. The number of aryl methyl sites for hydroxylation is 1. The van der Waals surface area contributed by atoms with Gasteiger partial charge in [-0.05, 0) is 43.5 Å². The smallest absolute Gasteiger partial charge is 0.333 e. The largest absolute Gasteiger partial charge is 0.393 e. The number of nitrogens with two attached hydrogens (primary N) is 1. The maximum atomic E-state index is 13.3. The van der Waals surface area contributed by atoms with E-state index >= 15 is 0 Å². The number of aliphatic hydroxyl groups is 1. The number of carbonyl (C=O) groups excluding carboxylic acids is 1. The van der Waals surface area contributed by atoms with E-state index in [4.69, 9.17) is 5.14 Å². The highest BCUT2D eigenvalue weighted by molar-refractivity contribution is 7.84. The van der Waals surface area contributed by atoms with Crippen molar-refractivity contribution in [1.29, 1.82) is 0 Å². The van der Waals surface area contributed by atoms with Crippen molar-refractivity contribution in [2.75, 3.05) is 11.9 Å². The minimum Gasteiger partial charge on any atom is -0.393 e. The van der Waals surface area contributed by atoms with E-state index in [1.165, 1.54) is 23.9 Å². The van der Waals surface area contributed by atoms with Gasteiger partial charge in [0.2, 0.25) is 5.78 Å². The molecule has 0 radical (unpaired) electrons. The highest BCUT2D eigenvalue weighted by atomic mass is 32.2. The van der Waals surface area contributed by atoms with Gasteiger partial charge >= 0.3 is 10.3 Å². The summed E-state index contributed by atoms with van der Waals surface area (Å²) >= 11 is 1.43. The van der Waals surface area contributed by atoms with Gasteiger partial charge in [-0.1, -0.05) is 0 Å². The monoisotopic (exact) mass is 491 g/mol. The van der Waals surface area contributed by atoms with E-state index in [0.29, 0.717) is 35.6 Å². The Labute approximate surface area is 195 Å². The van der Waals surface area contributed by atoms with Gasteiger partial charge in [0.25, 0.3) is 0 Å². The van der Waals surface area contributed by atoms with Gasteiger partial charge in [0.05, 0.1) is 23.2 Å². The fourth-order valence-corrected chi connectivity index (χ4v) is 5.33. The average molecular weight is 492 g/mol. The first kappa shape index (κ1) is 23.5. The van der Waals surface area contributed by atoms with E-state index in [1.54, 1.807) is 0 Å². The number of hydrogen-bond acceptors (Lipinski definition) is 9. The minimum absolute atomic E-state index is 0.183. The normalized spacial score (nSPS) is 20.8. The standard InChI is InChI=1S/C21H25N5O5S2/c1-13-14(10-26-4-2-3-5-26)7-19(32-13)20(28)17-9-23-12-24-21(17)25-16-6-15(18(27)8-16)11-31-33(22,29)30/h2-5,7,9,12,15-16,18,27H,6,8,10-11H2,1H3,(H2,22,29,30)(H,23,24,25)/t15-,16-,18+/m1/s1. The molecule has 1 aliphatic carbocycles. The van der Waals surface area contributed by atoms with Crippen LogP contribution < -0.4 is 10.5 Å². The maximum absolute atomic E-state index is 13.3. The number of anilines is 1. The third kappa shape index (κ3) is 5.84. The van der Waals surface area contributed by atoms with Crippen LogP contribution in [0.2, 0.25) is 0 Å². The molecule has 4 rings (SSSR count). The molecule has 0 amide bonds. The Kier molecular flexibility index (Phi) is 6.91. The Bertz CT molecular complexity index is 1230. The molecule has 0 bridgehead atoms. The minimum atomic E-state index is -4.08. The Morgan fingerprint density at radius 3 is 2.85 bits per heavy atom. The Hall–Kier alpha value is -2.64. The summed E-state index contributed by atoms with van der Waals surface area (Å²) < 4.78 is 28.8. The first-order chi connectivity index (χ1) is 15.7. The summed E-state index contributed by atoms with van der Waals surface area (Å²) in [6.45, 7) is 2.47. The van der Waals surface area contributed by atoms with Crippen molar-refractivity contribution < 1.29 is 22.5 Å².